The van der Waals surface area contributed by atoms with Crippen molar-refractivity contribution >= 4 is 0 Å². The van der Waals surface area contributed by atoms with Crippen molar-refractivity contribution in [2.45, 2.75) is 70.6 Å². The maximum Gasteiger partial charge on any atom is 0.119 e. The average Bonchev–Trinajstić information content (AvgIpc) is 2.75. The molecule has 2 fully saturated rings. The van der Waals surface area contributed by atoms with Gasteiger partial charge in [-0.3, -0.25) is 4.90 Å². The van der Waals surface area contributed by atoms with E-state index in [1.165, 1.54) is 37.7 Å². The summed E-state index contributed by atoms with van der Waals surface area (Å²) in [6.45, 7) is 5.85. The molecule has 1 saturated heterocycles. The van der Waals surface area contributed by atoms with Crippen molar-refractivity contribution in [3.63, 3.8) is 0 Å². The number of ether oxygens (including phenoxy) is 1. The van der Waals surface area contributed by atoms with Crippen LogP contribution in [0.5, 0.6) is 5.75 Å². The summed E-state index contributed by atoms with van der Waals surface area (Å²) in [6.07, 6.45) is 7.84. The molecule has 1 heterocycles. The van der Waals surface area contributed by atoms with E-state index in [-0.39, 0.29) is 5.41 Å². The van der Waals surface area contributed by atoms with Gasteiger partial charge in [0.05, 0.1) is 11.5 Å². The summed E-state index contributed by atoms with van der Waals surface area (Å²) in [6, 6.07) is 11.3. The van der Waals surface area contributed by atoms with Crippen molar-refractivity contribution in [1.29, 1.82) is 5.26 Å². The van der Waals surface area contributed by atoms with Crippen molar-refractivity contribution in [2.24, 2.45) is 5.41 Å². The summed E-state index contributed by atoms with van der Waals surface area (Å²) < 4.78 is 5.90. The van der Waals surface area contributed by atoms with Crippen molar-refractivity contribution in [1.82, 2.24) is 9.80 Å². The van der Waals surface area contributed by atoms with Crippen LogP contribution in [0, 0.1) is 16.7 Å². The largest absolute Gasteiger partial charge is 0.491 e. The zero-order valence-electron chi connectivity index (χ0n) is 18.1. The predicted octanol–water partition coefficient (Wildman–Crippen LogP) is 3.82. The molecule has 0 spiro atoms. The van der Waals surface area contributed by atoms with Gasteiger partial charge in [0, 0.05) is 19.1 Å². The summed E-state index contributed by atoms with van der Waals surface area (Å²) in [4.78, 5) is 4.71. The zero-order valence-corrected chi connectivity index (χ0v) is 18.1. The number of piperidine rings is 1. The molecule has 1 aliphatic carbocycles. The second-order valence-electron chi connectivity index (χ2n) is 9.29. The highest BCUT2D eigenvalue weighted by Gasteiger charge is 2.29. The number of rotatable bonds is 8. The molecule has 0 aromatic heterocycles. The molecule has 160 valence electrons. The molecule has 1 saturated carbocycles. The molecular formula is C24H37N3O2. The quantitative estimate of drug-likeness (QED) is 0.720. The number of aliphatic hydroxyl groups excluding tert-OH is 1. The molecule has 0 amide bonds. The highest BCUT2D eigenvalue weighted by molar-refractivity contribution is 5.28. The number of benzene rings is 1. The first-order chi connectivity index (χ1) is 14.0. The number of hydrogen-bond donors (Lipinski definition) is 1. The fourth-order valence-electron chi connectivity index (χ4n) is 4.56. The minimum absolute atomic E-state index is 0.164. The highest BCUT2D eigenvalue weighted by atomic mass is 16.5. The lowest BCUT2D eigenvalue weighted by molar-refractivity contribution is 0.0561. The molecule has 29 heavy (non-hydrogen) atoms. The lowest BCUT2D eigenvalue weighted by Gasteiger charge is -2.34. The van der Waals surface area contributed by atoms with E-state index in [4.69, 9.17) is 4.74 Å². The van der Waals surface area contributed by atoms with Crippen LogP contribution in [0.4, 0.5) is 0 Å². The lowest BCUT2D eigenvalue weighted by Crippen LogP contribution is -2.40. The van der Waals surface area contributed by atoms with Crippen LogP contribution < -0.4 is 4.74 Å². The second kappa shape index (κ2) is 10.4. The molecule has 0 radical (unpaired) electrons. The normalized spacial score (nSPS) is 21.6. The van der Waals surface area contributed by atoms with Gasteiger partial charge in [0.2, 0.25) is 0 Å². The van der Waals surface area contributed by atoms with E-state index in [0.29, 0.717) is 19.2 Å². The van der Waals surface area contributed by atoms with E-state index < -0.39 is 6.10 Å². The molecule has 1 atom stereocenters. The first kappa shape index (κ1) is 22.1. The maximum absolute atomic E-state index is 10.4. The van der Waals surface area contributed by atoms with Crippen LogP contribution in [-0.2, 0) is 6.54 Å². The second-order valence-corrected chi connectivity index (χ2v) is 9.29. The highest BCUT2D eigenvalue weighted by Crippen LogP contribution is 2.30. The first-order valence-corrected chi connectivity index (χ1v) is 11.2. The summed E-state index contributed by atoms with van der Waals surface area (Å²) in [5.74, 6) is 0.820. The zero-order chi connectivity index (χ0) is 20.7. The van der Waals surface area contributed by atoms with Crippen LogP contribution in [0.2, 0.25) is 0 Å². The SMILES string of the molecule is CN(C[C@@H](O)COc1cccc(CN2CCC(C)(C#N)CC2)c1)C1CCCCC1. The van der Waals surface area contributed by atoms with Crippen molar-refractivity contribution in [3.05, 3.63) is 29.8 Å². The van der Waals surface area contributed by atoms with Gasteiger partial charge in [-0.15, -0.1) is 0 Å². The van der Waals surface area contributed by atoms with Crippen LogP contribution >= 0.6 is 0 Å². The van der Waals surface area contributed by atoms with Gasteiger partial charge in [0.1, 0.15) is 18.5 Å². The van der Waals surface area contributed by atoms with Crippen molar-refractivity contribution < 1.29 is 9.84 Å². The smallest absolute Gasteiger partial charge is 0.119 e. The molecule has 0 unspecified atom stereocenters. The summed E-state index contributed by atoms with van der Waals surface area (Å²) in [5, 5.41) is 19.7. The third kappa shape index (κ3) is 6.70. The van der Waals surface area contributed by atoms with Crippen LogP contribution in [-0.4, -0.2) is 60.3 Å². The molecule has 1 aromatic rings. The minimum atomic E-state index is -0.476. The van der Waals surface area contributed by atoms with Gasteiger partial charge < -0.3 is 14.7 Å². The van der Waals surface area contributed by atoms with Gasteiger partial charge in [-0.1, -0.05) is 31.4 Å². The third-order valence-electron chi connectivity index (χ3n) is 6.67. The Morgan fingerprint density at radius 1 is 1.28 bits per heavy atom. The Kier molecular flexibility index (Phi) is 7.94. The molecular weight excluding hydrogens is 362 g/mol. The molecule has 1 aliphatic heterocycles. The molecule has 2 aliphatic rings. The van der Waals surface area contributed by atoms with Gasteiger partial charge in [0.15, 0.2) is 0 Å². The average molecular weight is 400 g/mol. The van der Waals surface area contributed by atoms with Gasteiger partial charge >= 0.3 is 0 Å². The van der Waals surface area contributed by atoms with E-state index in [2.05, 4.69) is 42.0 Å². The molecule has 1 N–H and O–H groups in total. The van der Waals surface area contributed by atoms with E-state index in [1.54, 1.807) is 0 Å². The van der Waals surface area contributed by atoms with Gasteiger partial charge in [-0.05, 0) is 70.4 Å². The van der Waals surface area contributed by atoms with Gasteiger partial charge in [-0.2, -0.15) is 5.26 Å². The Labute approximate surface area is 176 Å². The molecule has 1 aromatic carbocycles. The topological polar surface area (TPSA) is 59.7 Å². The number of hydrogen-bond acceptors (Lipinski definition) is 5. The minimum Gasteiger partial charge on any atom is -0.491 e. The van der Waals surface area contributed by atoms with Gasteiger partial charge in [0.25, 0.3) is 0 Å². The lowest BCUT2D eigenvalue weighted by atomic mass is 9.82. The molecule has 0 bridgehead atoms. The Balaban J connectivity index is 1.43. The Morgan fingerprint density at radius 2 is 2.00 bits per heavy atom. The number of nitrogens with zero attached hydrogens (tertiary/aromatic N) is 3. The fraction of sp³-hybridized carbons (Fsp3) is 0.708. The third-order valence-corrected chi connectivity index (χ3v) is 6.67. The number of likely N-dealkylation sites (tertiary alicyclic amines) is 1. The first-order valence-electron chi connectivity index (χ1n) is 11.2. The summed E-state index contributed by atoms with van der Waals surface area (Å²) in [7, 11) is 2.12. The van der Waals surface area contributed by atoms with E-state index in [1.807, 2.05) is 12.1 Å². The van der Waals surface area contributed by atoms with Crippen molar-refractivity contribution in [2.75, 3.05) is 33.3 Å². The number of likely N-dealkylation sites (N-methyl/N-ethyl adjacent to an activating group) is 1. The Bertz CT molecular complexity index is 673. The van der Waals surface area contributed by atoms with Crippen LogP contribution in [0.15, 0.2) is 24.3 Å². The fourth-order valence-corrected chi connectivity index (χ4v) is 4.56. The number of aliphatic hydroxyl groups is 1. The Morgan fingerprint density at radius 3 is 2.69 bits per heavy atom. The number of nitriles is 1. The Hall–Kier alpha value is -1.61. The molecule has 3 rings (SSSR count). The maximum atomic E-state index is 10.4. The monoisotopic (exact) mass is 399 g/mol. The van der Waals surface area contributed by atoms with Crippen LogP contribution in [0.25, 0.3) is 0 Å². The van der Waals surface area contributed by atoms with Gasteiger partial charge in [-0.25, -0.2) is 0 Å². The van der Waals surface area contributed by atoms with E-state index >= 15 is 0 Å². The van der Waals surface area contributed by atoms with E-state index in [9.17, 15) is 10.4 Å². The van der Waals surface area contributed by atoms with Crippen molar-refractivity contribution in [3.8, 4) is 11.8 Å². The summed E-state index contributed by atoms with van der Waals surface area (Å²) in [5.41, 5.74) is 1.06. The van der Waals surface area contributed by atoms with Crippen LogP contribution in [0.3, 0.4) is 0 Å². The predicted molar refractivity (Wildman–Crippen MR) is 116 cm³/mol. The standard InChI is InChI=1S/C24H37N3O2/c1-24(19-25)11-13-27(14-12-24)16-20-7-6-10-23(15-20)29-18-22(28)17-26(2)21-8-4-3-5-9-21/h6-7,10,15,21-22,28H,3-5,8-9,11-14,16-18H2,1-2H3/t22-/m1/s1. The van der Waals surface area contributed by atoms with Crippen LogP contribution in [0.1, 0.15) is 57.4 Å². The molecule has 5 nitrogen and oxygen atoms in total. The summed E-state index contributed by atoms with van der Waals surface area (Å²) >= 11 is 0. The van der Waals surface area contributed by atoms with E-state index in [0.717, 1.165) is 38.2 Å². The molecule has 5 heteroatoms.